The Bertz CT molecular complexity index is 317. The molecule has 60 valence electrons. The van der Waals surface area contributed by atoms with Gasteiger partial charge in [0.1, 0.15) is 5.84 Å². The summed E-state index contributed by atoms with van der Waals surface area (Å²) in [5.41, 5.74) is 2.81. The number of benzene rings is 1. The summed E-state index contributed by atoms with van der Waals surface area (Å²) in [5, 5.41) is 0. The second-order valence-corrected chi connectivity index (χ2v) is 3.24. The molecule has 1 aliphatic heterocycles. The number of nitrogens with zero attached hydrogens (tertiary/aromatic N) is 2. The van der Waals surface area contributed by atoms with E-state index in [1.165, 1.54) is 0 Å². The summed E-state index contributed by atoms with van der Waals surface area (Å²) in [5.74, 6) is 1.81. The number of rotatable bonds is 1. The molecule has 1 aromatic carbocycles. The largest absolute Gasteiger partial charge is 0.234 e. The number of para-hydroxylation sites is 1. The molecule has 1 heterocycles. The molecule has 12 heavy (non-hydrogen) atoms. The van der Waals surface area contributed by atoms with Gasteiger partial charge >= 0.3 is 0 Å². The summed E-state index contributed by atoms with van der Waals surface area (Å²) in [6, 6.07) is 9.89. The zero-order valence-corrected chi connectivity index (χ0v) is 7.29. The Balaban J connectivity index is 2.22. The van der Waals surface area contributed by atoms with Crippen LogP contribution in [0.15, 0.2) is 40.3 Å². The fourth-order valence-corrected chi connectivity index (χ4v) is 1.52. The summed E-state index contributed by atoms with van der Waals surface area (Å²) in [6.07, 6.45) is 0. The van der Waals surface area contributed by atoms with Crippen LogP contribution in [0.1, 0.15) is 0 Å². The van der Waals surface area contributed by atoms with Crippen LogP contribution in [0.5, 0.6) is 0 Å². The highest BCUT2D eigenvalue weighted by Gasteiger charge is 2.01. The lowest BCUT2D eigenvalue weighted by atomic mass is 10.3. The van der Waals surface area contributed by atoms with Gasteiger partial charge < -0.3 is 0 Å². The van der Waals surface area contributed by atoms with E-state index in [0.29, 0.717) is 0 Å². The molecular formula is C9H8N2S. The molecule has 0 fully saturated rings. The van der Waals surface area contributed by atoms with Gasteiger partial charge in [0.15, 0.2) is 0 Å². The first kappa shape index (κ1) is 7.55. The minimum absolute atomic E-state index is 0.898. The van der Waals surface area contributed by atoms with Crippen molar-refractivity contribution in [1.82, 2.24) is 0 Å². The molecule has 1 aliphatic rings. The van der Waals surface area contributed by atoms with E-state index in [2.05, 4.69) is 9.98 Å². The highest BCUT2D eigenvalue weighted by molar-refractivity contribution is 8.13. The highest BCUT2D eigenvalue weighted by Crippen LogP contribution is 2.14. The average molecular weight is 176 g/mol. The molecule has 0 atom stereocenters. The zero-order chi connectivity index (χ0) is 8.23. The van der Waals surface area contributed by atoms with Crippen LogP contribution in [-0.4, -0.2) is 17.1 Å². The molecule has 0 aromatic heterocycles. The molecule has 0 spiro atoms. The van der Waals surface area contributed by atoms with Crippen LogP contribution in [0.2, 0.25) is 0 Å². The predicted molar refractivity (Wildman–Crippen MR) is 54.5 cm³/mol. The quantitative estimate of drug-likeness (QED) is 0.645. The van der Waals surface area contributed by atoms with E-state index in [1.54, 1.807) is 11.8 Å². The maximum Gasteiger partial charge on any atom is 0.139 e. The third-order valence-corrected chi connectivity index (χ3v) is 2.18. The van der Waals surface area contributed by atoms with Gasteiger partial charge in [-0.15, -0.1) is 11.8 Å². The second-order valence-electron chi connectivity index (χ2n) is 2.41. The van der Waals surface area contributed by atoms with Gasteiger partial charge in [0, 0.05) is 0 Å². The third-order valence-electron chi connectivity index (χ3n) is 1.50. The minimum atomic E-state index is 0.898. The molecular weight excluding hydrogens is 168 g/mol. The minimum Gasteiger partial charge on any atom is -0.234 e. The van der Waals surface area contributed by atoms with E-state index in [4.69, 9.17) is 0 Å². The van der Waals surface area contributed by atoms with Crippen LogP contribution in [0.4, 0.5) is 5.69 Å². The lowest BCUT2D eigenvalue weighted by Gasteiger charge is -1.92. The van der Waals surface area contributed by atoms with Crippen molar-refractivity contribution in [3.63, 3.8) is 0 Å². The standard InChI is InChI=1S/C9H8N2S/c1-2-4-8(5-3-1)11-9-6-12-7-10-9/h1-5,7H,6H2/b11-9+. The fraction of sp³-hybridized carbons (Fsp3) is 0.111. The monoisotopic (exact) mass is 176 g/mol. The van der Waals surface area contributed by atoms with E-state index < -0.39 is 0 Å². The second kappa shape index (κ2) is 3.54. The Labute approximate surface area is 75.4 Å². The SMILES string of the molecule is C1=N/C(=N/c2ccccc2)CS1. The molecule has 3 heteroatoms. The molecule has 0 unspecified atom stereocenters. The highest BCUT2D eigenvalue weighted by atomic mass is 32.2. The Kier molecular flexibility index (Phi) is 2.23. The first-order chi connectivity index (χ1) is 5.95. The molecule has 2 nitrogen and oxygen atoms in total. The molecule has 0 radical (unpaired) electrons. The van der Waals surface area contributed by atoms with Crippen LogP contribution in [-0.2, 0) is 0 Å². The summed E-state index contributed by atoms with van der Waals surface area (Å²) >= 11 is 1.68. The van der Waals surface area contributed by atoms with Crippen molar-refractivity contribution in [1.29, 1.82) is 0 Å². The summed E-state index contributed by atoms with van der Waals surface area (Å²) in [4.78, 5) is 8.47. The van der Waals surface area contributed by atoms with Crippen LogP contribution in [0.25, 0.3) is 0 Å². The van der Waals surface area contributed by atoms with Crippen molar-refractivity contribution in [3.05, 3.63) is 30.3 Å². The van der Waals surface area contributed by atoms with E-state index in [1.807, 2.05) is 35.9 Å². The third kappa shape index (κ3) is 1.74. The first-order valence-electron chi connectivity index (χ1n) is 3.72. The molecule has 0 amide bonds. The van der Waals surface area contributed by atoms with Crippen molar-refractivity contribution < 1.29 is 0 Å². The Morgan fingerprint density at radius 1 is 1.25 bits per heavy atom. The van der Waals surface area contributed by atoms with E-state index >= 15 is 0 Å². The smallest absolute Gasteiger partial charge is 0.139 e. The number of hydrogen-bond acceptors (Lipinski definition) is 2. The molecule has 0 bridgehead atoms. The van der Waals surface area contributed by atoms with Crippen LogP contribution in [0.3, 0.4) is 0 Å². The van der Waals surface area contributed by atoms with Crippen molar-refractivity contribution in [2.24, 2.45) is 9.98 Å². The van der Waals surface area contributed by atoms with Crippen LogP contribution in [0, 0.1) is 0 Å². The van der Waals surface area contributed by atoms with Crippen molar-refractivity contribution in [2.75, 3.05) is 5.75 Å². The van der Waals surface area contributed by atoms with Gasteiger partial charge in [-0.2, -0.15) is 0 Å². The predicted octanol–water partition coefficient (Wildman–Crippen LogP) is 2.49. The molecule has 0 aliphatic carbocycles. The normalized spacial score (nSPS) is 18.8. The summed E-state index contributed by atoms with van der Waals surface area (Å²) in [6.45, 7) is 0. The number of aliphatic imine (C=N–C) groups is 2. The molecule has 0 saturated carbocycles. The lowest BCUT2D eigenvalue weighted by Crippen LogP contribution is -1.89. The van der Waals surface area contributed by atoms with Crippen LogP contribution >= 0.6 is 11.8 Å². The summed E-state index contributed by atoms with van der Waals surface area (Å²) in [7, 11) is 0. The van der Waals surface area contributed by atoms with E-state index in [9.17, 15) is 0 Å². The number of amidine groups is 1. The van der Waals surface area contributed by atoms with Crippen LogP contribution < -0.4 is 0 Å². The maximum absolute atomic E-state index is 4.36. The van der Waals surface area contributed by atoms with Crippen molar-refractivity contribution in [3.8, 4) is 0 Å². The van der Waals surface area contributed by atoms with Gasteiger partial charge in [0.25, 0.3) is 0 Å². The van der Waals surface area contributed by atoms with Gasteiger partial charge in [0.05, 0.1) is 17.0 Å². The Hall–Kier alpha value is -1.09. The van der Waals surface area contributed by atoms with E-state index in [0.717, 1.165) is 17.3 Å². The van der Waals surface area contributed by atoms with E-state index in [-0.39, 0.29) is 0 Å². The molecule has 1 aromatic rings. The van der Waals surface area contributed by atoms with Gasteiger partial charge in [-0.25, -0.2) is 9.98 Å². The number of thioether (sulfide) groups is 1. The zero-order valence-electron chi connectivity index (χ0n) is 6.47. The molecule has 0 N–H and O–H groups in total. The summed E-state index contributed by atoms with van der Waals surface area (Å²) < 4.78 is 0. The van der Waals surface area contributed by atoms with Gasteiger partial charge in [0.2, 0.25) is 0 Å². The topological polar surface area (TPSA) is 24.7 Å². The lowest BCUT2D eigenvalue weighted by molar-refractivity contribution is 1.47. The average Bonchev–Trinajstić information content (AvgIpc) is 2.59. The molecule has 2 rings (SSSR count). The van der Waals surface area contributed by atoms with Gasteiger partial charge in [-0.3, -0.25) is 0 Å². The van der Waals surface area contributed by atoms with Crippen molar-refractivity contribution in [2.45, 2.75) is 0 Å². The molecule has 0 saturated heterocycles. The fourth-order valence-electron chi connectivity index (χ4n) is 0.960. The number of hydrogen-bond donors (Lipinski definition) is 0. The maximum atomic E-state index is 4.36. The first-order valence-corrected chi connectivity index (χ1v) is 4.77. The van der Waals surface area contributed by atoms with Gasteiger partial charge in [-0.05, 0) is 12.1 Å². The Morgan fingerprint density at radius 3 is 2.75 bits per heavy atom. The Morgan fingerprint density at radius 2 is 2.08 bits per heavy atom. The van der Waals surface area contributed by atoms with Crippen molar-refractivity contribution >= 4 is 28.8 Å². The van der Waals surface area contributed by atoms with Gasteiger partial charge in [-0.1, -0.05) is 18.2 Å².